The molecular weight excluding hydrogens is 286 g/mol. The maximum absolute atomic E-state index is 9.17. The van der Waals surface area contributed by atoms with Crippen molar-refractivity contribution >= 4 is 17.2 Å². The molecule has 1 aromatic rings. The van der Waals surface area contributed by atoms with Crippen molar-refractivity contribution in [2.45, 2.75) is 6.04 Å². The Balaban J connectivity index is 1.80. The summed E-state index contributed by atoms with van der Waals surface area (Å²) in [5, 5.41) is 16.1. The minimum atomic E-state index is 0.197. The SMILES string of the molecule is N#Cc1ccc2c(c1)N=C(N1CCNCC1)C1C=CC=CC1N2. The van der Waals surface area contributed by atoms with Crippen molar-refractivity contribution in [3.8, 4) is 6.07 Å². The van der Waals surface area contributed by atoms with Gasteiger partial charge in [-0.05, 0) is 18.2 Å². The first-order valence-electron chi connectivity index (χ1n) is 8.05. The van der Waals surface area contributed by atoms with Crippen molar-refractivity contribution < 1.29 is 0 Å². The fourth-order valence-corrected chi connectivity index (χ4v) is 3.36. The third-order valence-corrected chi connectivity index (χ3v) is 4.56. The highest BCUT2D eigenvalue weighted by atomic mass is 15.2. The number of anilines is 1. The highest BCUT2D eigenvalue weighted by molar-refractivity contribution is 5.93. The van der Waals surface area contributed by atoms with Crippen LogP contribution in [0.15, 0.2) is 47.5 Å². The smallest absolute Gasteiger partial charge is 0.114 e. The van der Waals surface area contributed by atoms with Crippen LogP contribution in [-0.4, -0.2) is 43.0 Å². The lowest BCUT2D eigenvalue weighted by molar-refractivity contribution is 0.344. The van der Waals surface area contributed by atoms with Gasteiger partial charge in [-0.15, -0.1) is 0 Å². The average Bonchev–Trinajstić information content (AvgIpc) is 2.78. The number of nitrogens with zero attached hydrogens (tertiary/aromatic N) is 3. The fraction of sp³-hybridized carbons (Fsp3) is 0.333. The summed E-state index contributed by atoms with van der Waals surface area (Å²) in [6.45, 7) is 3.89. The van der Waals surface area contributed by atoms with Crippen molar-refractivity contribution in [2.24, 2.45) is 10.9 Å². The van der Waals surface area contributed by atoms with Gasteiger partial charge in [-0.2, -0.15) is 5.26 Å². The van der Waals surface area contributed by atoms with Crippen LogP contribution >= 0.6 is 0 Å². The first-order chi connectivity index (χ1) is 11.3. The summed E-state index contributed by atoms with van der Waals surface area (Å²) in [5.41, 5.74) is 2.49. The van der Waals surface area contributed by atoms with Gasteiger partial charge in [-0.3, -0.25) is 0 Å². The van der Waals surface area contributed by atoms with Crippen LogP contribution in [0.2, 0.25) is 0 Å². The summed E-state index contributed by atoms with van der Waals surface area (Å²) in [6, 6.07) is 8.07. The number of hydrogen-bond donors (Lipinski definition) is 2. The van der Waals surface area contributed by atoms with Crippen molar-refractivity contribution in [3.63, 3.8) is 0 Å². The number of rotatable bonds is 0. The zero-order chi connectivity index (χ0) is 15.6. The van der Waals surface area contributed by atoms with Gasteiger partial charge in [0.2, 0.25) is 0 Å². The maximum atomic E-state index is 9.17. The van der Waals surface area contributed by atoms with E-state index in [-0.39, 0.29) is 12.0 Å². The first kappa shape index (κ1) is 14.0. The van der Waals surface area contributed by atoms with E-state index in [1.807, 2.05) is 18.2 Å². The van der Waals surface area contributed by atoms with Crippen LogP contribution in [0.4, 0.5) is 11.4 Å². The number of nitriles is 1. The molecule has 116 valence electrons. The van der Waals surface area contributed by atoms with E-state index in [1.165, 1.54) is 0 Å². The van der Waals surface area contributed by atoms with Crippen molar-refractivity contribution in [3.05, 3.63) is 48.1 Å². The van der Waals surface area contributed by atoms with Crippen LogP contribution in [0.3, 0.4) is 0 Å². The van der Waals surface area contributed by atoms with Gasteiger partial charge in [-0.25, -0.2) is 4.99 Å². The van der Waals surface area contributed by atoms with Crippen molar-refractivity contribution in [1.29, 1.82) is 5.26 Å². The van der Waals surface area contributed by atoms with E-state index in [9.17, 15) is 5.26 Å². The van der Waals surface area contributed by atoms with Gasteiger partial charge in [0.05, 0.1) is 35.0 Å². The third-order valence-electron chi connectivity index (χ3n) is 4.56. The lowest BCUT2D eigenvalue weighted by Crippen LogP contribution is -2.50. The Morgan fingerprint density at radius 3 is 2.83 bits per heavy atom. The van der Waals surface area contributed by atoms with Crippen LogP contribution < -0.4 is 10.6 Å². The van der Waals surface area contributed by atoms with Crippen LogP contribution in [0.25, 0.3) is 0 Å². The molecule has 1 saturated heterocycles. The van der Waals surface area contributed by atoms with Gasteiger partial charge in [0.25, 0.3) is 0 Å². The van der Waals surface area contributed by atoms with E-state index < -0.39 is 0 Å². The van der Waals surface area contributed by atoms with Crippen molar-refractivity contribution in [1.82, 2.24) is 10.2 Å². The second-order valence-electron chi connectivity index (χ2n) is 6.02. The summed E-state index contributed by atoms with van der Waals surface area (Å²) in [4.78, 5) is 7.34. The van der Waals surface area contributed by atoms with Crippen LogP contribution in [0, 0.1) is 17.2 Å². The number of fused-ring (bicyclic) bond motifs is 2. The van der Waals surface area contributed by atoms with Gasteiger partial charge in [-0.1, -0.05) is 24.3 Å². The van der Waals surface area contributed by atoms with E-state index in [0.29, 0.717) is 5.56 Å². The molecule has 3 aliphatic rings. The fourth-order valence-electron chi connectivity index (χ4n) is 3.36. The molecule has 0 aromatic heterocycles. The number of piperazine rings is 1. The number of amidine groups is 1. The number of aliphatic imine (C=N–C) groups is 1. The molecule has 0 saturated carbocycles. The highest BCUT2D eigenvalue weighted by Crippen LogP contribution is 2.34. The predicted molar refractivity (Wildman–Crippen MR) is 91.9 cm³/mol. The number of benzene rings is 1. The second-order valence-corrected chi connectivity index (χ2v) is 6.02. The van der Waals surface area contributed by atoms with Gasteiger partial charge >= 0.3 is 0 Å². The van der Waals surface area contributed by atoms with Gasteiger partial charge < -0.3 is 15.5 Å². The van der Waals surface area contributed by atoms with Crippen LogP contribution in [-0.2, 0) is 0 Å². The maximum Gasteiger partial charge on any atom is 0.114 e. The number of hydrogen-bond acceptors (Lipinski definition) is 5. The predicted octanol–water partition coefficient (Wildman–Crippen LogP) is 2.03. The Hall–Kier alpha value is -2.58. The average molecular weight is 305 g/mol. The molecule has 5 heteroatoms. The lowest BCUT2D eigenvalue weighted by atomic mass is 9.93. The van der Waals surface area contributed by atoms with E-state index in [2.05, 4.69) is 45.9 Å². The summed E-state index contributed by atoms with van der Waals surface area (Å²) in [7, 11) is 0. The van der Waals surface area contributed by atoms with Crippen molar-refractivity contribution in [2.75, 3.05) is 31.5 Å². The summed E-state index contributed by atoms with van der Waals surface area (Å²) >= 11 is 0. The zero-order valence-electron chi connectivity index (χ0n) is 12.9. The topological polar surface area (TPSA) is 63.5 Å². The lowest BCUT2D eigenvalue weighted by Gasteiger charge is -2.35. The Kier molecular flexibility index (Phi) is 3.60. The van der Waals surface area contributed by atoms with E-state index in [1.54, 1.807) is 0 Å². The molecule has 0 spiro atoms. The molecule has 1 aliphatic carbocycles. The molecule has 0 amide bonds. The molecule has 2 aliphatic heterocycles. The molecule has 23 heavy (non-hydrogen) atoms. The molecule has 0 bridgehead atoms. The van der Waals surface area contributed by atoms with E-state index >= 15 is 0 Å². The molecule has 0 radical (unpaired) electrons. The van der Waals surface area contributed by atoms with E-state index in [4.69, 9.17) is 4.99 Å². The highest BCUT2D eigenvalue weighted by Gasteiger charge is 2.31. The third kappa shape index (κ3) is 2.62. The standard InChI is InChI=1S/C18H19N5/c19-12-13-5-6-16-17(11-13)22-18(23-9-7-20-8-10-23)14-3-1-2-4-15(14)21-16/h1-6,11,14-15,20-21H,7-10H2. The Labute approximate surface area is 136 Å². The van der Waals surface area contributed by atoms with Gasteiger partial charge in [0, 0.05) is 26.2 Å². The van der Waals surface area contributed by atoms with Gasteiger partial charge in [0.15, 0.2) is 0 Å². The Bertz CT molecular complexity index is 734. The molecule has 2 atom stereocenters. The minimum Gasteiger partial charge on any atom is -0.376 e. The molecule has 5 nitrogen and oxygen atoms in total. The van der Waals surface area contributed by atoms with Crippen LogP contribution in [0.1, 0.15) is 5.56 Å². The Morgan fingerprint density at radius 2 is 2.00 bits per heavy atom. The normalized spacial score (nSPS) is 25.5. The summed E-state index contributed by atoms with van der Waals surface area (Å²) < 4.78 is 0. The number of allylic oxidation sites excluding steroid dienone is 2. The van der Waals surface area contributed by atoms with E-state index in [0.717, 1.165) is 43.4 Å². The molecule has 1 aromatic carbocycles. The Morgan fingerprint density at radius 1 is 1.17 bits per heavy atom. The second kappa shape index (κ2) is 5.90. The summed E-state index contributed by atoms with van der Waals surface area (Å²) in [6.07, 6.45) is 8.58. The molecule has 2 unspecified atom stereocenters. The van der Waals surface area contributed by atoms with Crippen LogP contribution in [0.5, 0.6) is 0 Å². The quantitative estimate of drug-likeness (QED) is 0.770. The monoisotopic (exact) mass is 305 g/mol. The molecule has 4 rings (SSSR count). The molecule has 2 heterocycles. The molecular formula is C18H19N5. The summed E-state index contributed by atoms with van der Waals surface area (Å²) in [5.74, 6) is 1.31. The first-order valence-corrected chi connectivity index (χ1v) is 8.05. The number of nitrogens with one attached hydrogen (secondary N) is 2. The van der Waals surface area contributed by atoms with Gasteiger partial charge in [0.1, 0.15) is 5.84 Å². The minimum absolute atomic E-state index is 0.197. The largest absolute Gasteiger partial charge is 0.376 e. The zero-order valence-corrected chi connectivity index (χ0v) is 12.9. The molecule has 1 fully saturated rings. The molecule has 2 N–H and O–H groups in total.